The van der Waals surface area contributed by atoms with Gasteiger partial charge in [-0.3, -0.25) is 4.79 Å². The van der Waals surface area contributed by atoms with E-state index in [9.17, 15) is 9.18 Å². The highest BCUT2D eigenvalue weighted by atomic mass is 32.1. The molecule has 0 saturated carbocycles. The zero-order valence-electron chi connectivity index (χ0n) is 19.0. The number of H-pyrrole nitrogens is 1. The Labute approximate surface area is 194 Å². The average molecular weight is 455 g/mol. The predicted molar refractivity (Wildman–Crippen MR) is 135 cm³/mol. The monoisotopic (exact) mass is 454 g/mol. The third-order valence-corrected chi connectivity index (χ3v) is 6.08. The number of hydrogen-bond donors (Lipinski definition) is 2. The van der Waals surface area contributed by atoms with Gasteiger partial charge in [-0.05, 0) is 85.1 Å². The molecule has 0 radical (unpaired) electrons. The number of nitrogens with one attached hydrogen (secondary N) is 2. The number of anilines is 1. The summed E-state index contributed by atoms with van der Waals surface area (Å²) in [5.41, 5.74) is 3.32. The van der Waals surface area contributed by atoms with Crippen molar-refractivity contribution >= 4 is 33.9 Å². The highest BCUT2D eigenvalue weighted by Crippen LogP contribution is 2.16. The second kappa shape index (κ2) is 11.2. The minimum atomic E-state index is -0.297. The van der Waals surface area contributed by atoms with Crippen LogP contribution in [0.5, 0.6) is 0 Å². The van der Waals surface area contributed by atoms with Crippen LogP contribution in [-0.4, -0.2) is 46.1 Å². The molecule has 7 heteroatoms. The molecule has 0 unspecified atom stereocenters. The number of benzene rings is 2. The highest BCUT2D eigenvalue weighted by molar-refractivity contribution is 7.80. The Bertz CT molecular complexity index is 1110. The van der Waals surface area contributed by atoms with Gasteiger partial charge in [-0.25, -0.2) is 4.39 Å². The summed E-state index contributed by atoms with van der Waals surface area (Å²) in [7, 11) is 0. The van der Waals surface area contributed by atoms with Crippen LogP contribution in [0.15, 0.2) is 53.3 Å². The van der Waals surface area contributed by atoms with Crippen LogP contribution in [0.25, 0.3) is 10.9 Å². The summed E-state index contributed by atoms with van der Waals surface area (Å²) in [4.78, 5) is 20.1. The average Bonchev–Trinajstić information content (AvgIpc) is 2.80. The molecule has 2 aromatic carbocycles. The molecule has 1 heterocycles. The summed E-state index contributed by atoms with van der Waals surface area (Å²) < 4.78 is 13.3. The molecular weight excluding hydrogens is 423 g/mol. The zero-order valence-corrected chi connectivity index (χ0v) is 19.8. The van der Waals surface area contributed by atoms with Crippen molar-refractivity contribution in [2.75, 3.05) is 31.5 Å². The number of fused-ring (bicyclic) bond motifs is 1. The van der Waals surface area contributed by atoms with Gasteiger partial charge in [0.2, 0.25) is 0 Å². The molecule has 2 N–H and O–H groups in total. The number of halogens is 1. The van der Waals surface area contributed by atoms with Crippen LogP contribution in [0.2, 0.25) is 0 Å². The minimum absolute atomic E-state index is 0.112. The van der Waals surface area contributed by atoms with E-state index in [0.29, 0.717) is 29.5 Å². The molecule has 0 saturated heterocycles. The fourth-order valence-corrected chi connectivity index (χ4v) is 3.91. The van der Waals surface area contributed by atoms with Gasteiger partial charge in [-0.1, -0.05) is 26.8 Å². The van der Waals surface area contributed by atoms with E-state index in [0.717, 1.165) is 37.0 Å². The number of hydrogen-bond acceptors (Lipinski definition) is 3. The van der Waals surface area contributed by atoms with Crippen molar-refractivity contribution in [3.05, 3.63) is 75.8 Å². The van der Waals surface area contributed by atoms with Crippen molar-refractivity contribution < 1.29 is 4.39 Å². The predicted octanol–water partition coefficient (Wildman–Crippen LogP) is 4.77. The molecule has 0 aliphatic carbocycles. The number of rotatable bonds is 9. The summed E-state index contributed by atoms with van der Waals surface area (Å²) in [6, 6.07) is 14.2. The third-order valence-electron chi connectivity index (χ3n) is 5.72. The first-order chi connectivity index (χ1) is 15.4. The molecule has 0 spiro atoms. The molecule has 0 bridgehead atoms. The summed E-state index contributed by atoms with van der Waals surface area (Å²) in [5, 5.41) is 4.70. The van der Waals surface area contributed by atoms with Crippen LogP contribution < -0.4 is 10.9 Å². The lowest BCUT2D eigenvalue weighted by molar-refractivity contribution is 0.266. The van der Waals surface area contributed by atoms with E-state index in [-0.39, 0.29) is 11.4 Å². The van der Waals surface area contributed by atoms with Crippen molar-refractivity contribution in [1.82, 2.24) is 14.8 Å². The van der Waals surface area contributed by atoms with E-state index in [2.05, 4.69) is 42.0 Å². The lowest BCUT2D eigenvalue weighted by Crippen LogP contribution is -2.41. The molecule has 32 heavy (non-hydrogen) atoms. The number of likely N-dealkylation sites (N-methyl/N-ethyl adjacent to an activating group) is 1. The van der Waals surface area contributed by atoms with Gasteiger partial charge in [-0.15, -0.1) is 0 Å². The Balaban J connectivity index is 1.86. The van der Waals surface area contributed by atoms with E-state index >= 15 is 0 Å². The molecular formula is C25H31FN4OS. The smallest absolute Gasteiger partial charge is 0.253 e. The Morgan fingerprint density at radius 2 is 1.75 bits per heavy atom. The number of nitrogens with zero attached hydrogens (tertiary/aromatic N) is 2. The van der Waals surface area contributed by atoms with Crippen LogP contribution in [0.3, 0.4) is 0 Å². The van der Waals surface area contributed by atoms with Gasteiger partial charge in [0, 0.05) is 29.9 Å². The van der Waals surface area contributed by atoms with Crippen LogP contribution in [0, 0.1) is 5.82 Å². The van der Waals surface area contributed by atoms with Gasteiger partial charge < -0.3 is 20.1 Å². The van der Waals surface area contributed by atoms with Crippen molar-refractivity contribution in [1.29, 1.82) is 0 Å². The fraction of sp³-hybridized carbons (Fsp3) is 0.360. The van der Waals surface area contributed by atoms with Crippen molar-refractivity contribution in [2.45, 2.75) is 33.7 Å². The van der Waals surface area contributed by atoms with Gasteiger partial charge in [-0.2, -0.15) is 0 Å². The number of thiocarbonyl (C=S) groups is 1. The number of aryl methyl sites for hydroxylation is 1. The summed E-state index contributed by atoms with van der Waals surface area (Å²) in [6.45, 7) is 10.1. The van der Waals surface area contributed by atoms with Gasteiger partial charge in [0.1, 0.15) is 5.82 Å². The second-order valence-electron chi connectivity index (χ2n) is 7.78. The highest BCUT2D eigenvalue weighted by Gasteiger charge is 2.15. The molecule has 0 aliphatic heterocycles. The standard InChI is InChI=1S/C25H31FN4OS/c1-4-18-7-12-23-19(15-18)16-20(24(31)28-23)17-30(14-13-29(5-2)6-3)25(32)27-22-10-8-21(26)9-11-22/h7-12,15-16H,4-6,13-14,17H2,1-3H3,(H,27,32)(H,28,31). The number of pyridine rings is 1. The lowest BCUT2D eigenvalue weighted by atomic mass is 10.1. The van der Waals surface area contributed by atoms with Crippen LogP contribution in [-0.2, 0) is 13.0 Å². The Hall–Kier alpha value is -2.77. The molecule has 170 valence electrons. The Morgan fingerprint density at radius 3 is 2.41 bits per heavy atom. The fourth-order valence-electron chi connectivity index (χ4n) is 3.63. The largest absolute Gasteiger partial charge is 0.343 e. The molecule has 5 nitrogen and oxygen atoms in total. The van der Waals surface area contributed by atoms with E-state index < -0.39 is 0 Å². The molecule has 0 aliphatic rings. The third kappa shape index (κ3) is 6.14. The van der Waals surface area contributed by atoms with E-state index in [1.165, 1.54) is 17.7 Å². The van der Waals surface area contributed by atoms with Crippen LogP contribution in [0.4, 0.5) is 10.1 Å². The molecule has 0 fully saturated rings. The zero-order chi connectivity index (χ0) is 23.1. The maximum Gasteiger partial charge on any atom is 0.253 e. The van der Waals surface area contributed by atoms with Crippen LogP contribution >= 0.6 is 12.2 Å². The number of aromatic nitrogens is 1. The molecule has 0 amide bonds. The first kappa shape index (κ1) is 23.9. The minimum Gasteiger partial charge on any atom is -0.343 e. The van der Waals surface area contributed by atoms with Crippen molar-refractivity contribution in [3.63, 3.8) is 0 Å². The maximum atomic E-state index is 13.3. The second-order valence-corrected chi connectivity index (χ2v) is 8.17. The summed E-state index contributed by atoms with van der Waals surface area (Å²) in [5.74, 6) is -0.297. The van der Waals surface area contributed by atoms with Gasteiger partial charge in [0.15, 0.2) is 5.11 Å². The SMILES string of the molecule is CCc1ccc2[nH]c(=O)c(CN(CCN(CC)CC)C(=S)Nc3ccc(F)cc3)cc2c1. The molecule has 0 atom stereocenters. The Kier molecular flexibility index (Phi) is 8.36. The maximum absolute atomic E-state index is 13.3. The van der Waals surface area contributed by atoms with E-state index in [1.54, 1.807) is 12.1 Å². The first-order valence-corrected chi connectivity index (χ1v) is 11.5. The lowest BCUT2D eigenvalue weighted by Gasteiger charge is -2.29. The summed E-state index contributed by atoms with van der Waals surface area (Å²) >= 11 is 5.68. The normalized spacial score (nSPS) is 11.2. The van der Waals surface area contributed by atoms with E-state index in [1.807, 2.05) is 23.1 Å². The van der Waals surface area contributed by atoms with E-state index in [4.69, 9.17) is 12.2 Å². The first-order valence-electron chi connectivity index (χ1n) is 11.1. The molecule has 3 aromatic rings. The quantitative estimate of drug-likeness (QED) is 0.456. The van der Waals surface area contributed by atoms with Gasteiger partial charge in [0.25, 0.3) is 5.56 Å². The van der Waals surface area contributed by atoms with Gasteiger partial charge >= 0.3 is 0 Å². The van der Waals surface area contributed by atoms with Crippen molar-refractivity contribution in [3.8, 4) is 0 Å². The molecule has 3 rings (SSSR count). The summed E-state index contributed by atoms with van der Waals surface area (Å²) in [6.07, 6.45) is 0.937. The topological polar surface area (TPSA) is 51.4 Å². The Morgan fingerprint density at radius 1 is 1.03 bits per heavy atom. The molecule has 1 aromatic heterocycles. The van der Waals surface area contributed by atoms with Crippen molar-refractivity contribution in [2.24, 2.45) is 0 Å². The number of aromatic amines is 1. The van der Waals surface area contributed by atoms with Crippen LogP contribution in [0.1, 0.15) is 31.9 Å². The van der Waals surface area contributed by atoms with Gasteiger partial charge in [0.05, 0.1) is 6.54 Å².